The molecular weight excluding hydrogens is 1040 g/mol. The lowest BCUT2D eigenvalue weighted by molar-refractivity contribution is -0.138. The molecule has 0 unspecified atom stereocenters. The molecule has 0 saturated carbocycles. The Balaban J connectivity index is 0.894. The summed E-state index contributed by atoms with van der Waals surface area (Å²) in [5.74, 6) is -0.570. The number of fused-ring (bicyclic) bond motifs is 2. The zero-order valence-corrected chi connectivity index (χ0v) is 46.8. The molecule has 0 aromatic heterocycles. The molecule has 0 amide bonds. The Morgan fingerprint density at radius 2 is 0.720 bits per heavy atom. The molecule has 82 heavy (non-hydrogen) atoms. The van der Waals surface area contributed by atoms with Crippen LogP contribution in [0.3, 0.4) is 0 Å². The Kier molecular flexibility index (Phi) is 25.1. The third-order valence-corrected chi connectivity index (χ3v) is 13.6. The maximum Gasteiger partial charge on any atom is 0.343 e. The molecular formula is C69H74O13. The molecule has 0 aliphatic heterocycles. The highest BCUT2D eigenvalue weighted by atomic mass is 16.6. The summed E-state index contributed by atoms with van der Waals surface area (Å²) in [6, 6.07) is 44.4. The molecule has 0 aliphatic rings. The van der Waals surface area contributed by atoms with Gasteiger partial charge in [0.15, 0.2) is 0 Å². The Bertz CT molecular complexity index is 3200. The van der Waals surface area contributed by atoms with Crippen LogP contribution in [0.15, 0.2) is 171 Å². The maximum atomic E-state index is 13.8. The molecule has 7 aromatic carbocycles. The highest BCUT2D eigenvalue weighted by molar-refractivity contribution is 6.00. The van der Waals surface area contributed by atoms with E-state index in [4.69, 9.17) is 37.9 Å². The monoisotopic (exact) mass is 1110 g/mol. The van der Waals surface area contributed by atoms with E-state index >= 15 is 0 Å². The van der Waals surface area contributed by atoms with Gasteiger partial charge in [0.1, 0.15) is 34.3 Å². The number of carbonyl (C=O) groups excluding carboxylic acids is 5. The predicted molar refractivity (Wildman–Crippen MR) is 319 cm³/mol. The van der Waals surface area contributed by atoms with Crippen molar-refractivity contribution in [2.45, 2.75) is 103 Å². The van der Waals surface area contributed by atoms with Crippen LogP contribution >= 0.6 is 0 Å². The van der Waals surface area contributed by atoms with Gasteiger partial charge < -0.3 is 37.9 Å². The highest BCUT2D eigenvalue weighted by Crippen LogP contribution is 2.30. The first-order valence-corrected chi connectivity index (χ1v) is 28.6. The second-order valence-electron chi connectivity index (χ2n) is 19.9. The Morgan fingerprint density at radius 3 is 1.22 bits per heavy atom. The summed E-state index contributed by atoms with van der Waals surface area (Å²) < 4.78 is 45.5. The molecule has 0 spiro atoms. The van der Waals surface area contributed by atoms with E-state index in [-0.39, 0.29) is 29.2 Å². The number of unbranched alkanes of at least 4 members (excludes halogenated alkanes) is 13. The summed E-state index contributed by atoms with van der Waals surface area (Å²) in [4.78, 5) is 63.6. The van der Waals surface area contributed by atoms with Gasteiger partial charge in [-0.3, -0.25) is 0 Å². The van der Waals surface area contributed by atoms with Crippen LogP contribution < -0.4 is 23.7 Å². The van der Waals surface area contributed by atoms with E-state index in [9.17, 15) is 24.0 Å². The van der Waals surface area contributed by atoms with Crippen molar-refractivity contribution in [2.75, 3.05) is 39.6 Å². The second-order valence-corrected chi connectivity index (χ2v) is 19.9. The number of carbonyl (C=O) groups is 5. The van der Waals surface area contributed by atoms with Crippen molar-refractivity contribution in [1.29, 1.82) is 0 Å². The highest BCUT2D eigenvalue weighted by Gasteiger charge is 2.21. The van der Waals surface area contributed by atoms with Crippen molar-refractivity contribution in [3.05, 3.63) is 188 Å². The molecule has 7 aromatic rings. The van der Waals surface area contributed by atoms with Gasteiger partial charge in [-0.05, 0) is 176 Å². The molecule has 13 nitrogen and oxygen atoms in total. The maximum absolute atomic E-state index is 13.8. The minimum Gasteiger partial charge on any atom is -0.494 e. The van der Waals surface area contributed by atoms with Gasteiger partial charge in [0.2, 0.25) is 0 Å². The largest absolute Gasteiger partial charge is 0.494 e. The number of benzene rings is 7. The van der Waals surface area contributed by atoms with E-state index < -0.39 is 29.8 Å². The van der Waals surface area contributed by atoms with Gasteiger partial charge >= 0.3 is 29.8 Å². The van der Waals surface area contributed by atoms with Crippen LogP contribution in [0.5, 0.6) is 28.7 Å². The van der Waals surface area contributed by atoms with Gasteiger partial charge in [-0.25, -0.2) is 24.0 Å². The number of esters is 5. The number of hydrogen-bond donors (Lipinski definition) is 0. The van der Waals surface area contributed by atoms with Crippen LogP contribution in [0, 0.1) is 0 Å². The van der Waals surface area contributed by atoms with E-state index in [0.717, 1.165) is 136 Å². The SMILES string of the molecule is C=CC(=O)OCCCCCCOc1ccc2cc(C(=O)Oc3ccc(OC(=O)c4ccc5cc(OCCCCCCOC(=O)C=C)ccc5c4)c(C(=O)OCCCCCCCCCCOc4ccc(-c5ccccc5)cc4)c3)ccc2c1. The van der Waals surface area contributed by atoms with Crippen LogP contribution in [0.2, 0.25) is 0 Å². The summed E-state index contributed by atoms with van der Waals surface area (Å²) >= 11 is 0. The van der Waals surface area contributed by atoms with Gasteiger partial charge in [-0.1, -0.05) is 118 Å². The summed E-state index contributed by atoms with van der Waals surface area (Å²) in [6.45, 7) is 9.44. The van der Waals surface area contributed by atoms with E-state index in [2.05, 4.69) is 37.4 Å². The fourth-order valence-corrected chi connectivity index (χ4v) is 9.06. The lowest BCUT2D eigenvalue weighted by Crippen LogP contribution is -2.14. The number of rotatable bonds is 36. The first-order valence-electron chi connectivity index (χ1n) is 28.6. The topological polar surface area (TPSA) is 159 Å². The van der Waals surface area contributed by atoms with E-state index in [1.807, 2.05) is 78.9 Å². The van der Waals surface area contributed by atoms with Gasteiger partial charge in [0, 0.05) is 12.2 Å². The first-order chi connectivity index (χ1) is 40.1. The average molecular weight is 1110 g/mol. The van der Waals surface area contributed by atoms with Crippen molar-refractivity contribution < 1.29 is 61.9 Å². The standard InChI is InChI=1S/C69H74O13/c1-3-65(70)78-43-21-13-11-19-41-76-60-36-32-53-46-57(28-26-55(53)48-60)67(72)81-62-38-39-64(82-68(73)58-29-27-56-49-61(37-33-54(56)47-58)77-42-20-12-14-22-44-79-66(71)4-2)63(50-62)69(74)80-45-23-10-8-6-5-7-9-18-40-75-59-34-30-52(31-35-59)51-24-16-15-17-25-51/h3-4,15-17,24-39,46-50H,1-2,5-14,18-23,40-45H2. The number of hydrogen-bond acceptors (Lipinski definition) is 13. The van der Waals surface area contributed by atoms with E-state index in [0.29, 0.717) is 56.5 Å². The molecule has 7 rings (SSSR count). The second kappa shape index (κ2) is 33.8. The minimum absolute atomic E-state index is 0.0435. The smallest absolute Gasteiger partial charge is 0.343 e. The normalized spacial score (nSPS) is 10.9. The molecule has 0 saturated heterocycles. The van der Waals surface area contributed by atoms with E-state index in [1.54, 1.807) is 24.3 Å². The molecule has 0 fully saturated rings. The third kappa shape index (κ3) is 20.4. The summed E-state index contributed by atoms with van der Waals surface area (Å²) in [7, 11) is 0. The van der Waals surface area contributed by atoms with Crippen LogP contribution in [0.25, 0.3) is 32.7 Å². The van der Waals surface area contributed by atoms with Crippen molar-refractivity contribution in [1.82, 2.24) is 0 Å². The van der Waals surface area contributed by atoms with Crippen molar-refractivity contribution in [2.24, 2.45) is 0 Å². The summed E-state index contributed by atoms with van der Waals surface area (Å²) in [6.07, 6.45) is 17.1. The van der Waals surface area contributed by atoms with Crippen LogP contribution in [0.4, 0.5) is 0 Å². The molecule has 0 N–H and O–H groups in total. The predicted octanol–water partition coefficient (Wildman–Crippen LogP) is 15.8. The third-order valence-electron chi connectivity index (χ3n) is 13.6. The molecule has 0 aliphatic carbocycles. The zero-order valence-electron chi connectivity index (χ0n) is 46.8. The lowest BCUT2D eigenvalue weighted by Gasteiger charge is -2.13. The lowest BCUT2D eigenvalue weighted by atomic mass is 10.1. The fraction of sp³-hybridized carbons (Fsp3) is 0.319. The van der Waals surface area contributed by atoms with Crippen molar-refractivity contribution in [3.63, 3.8) is 0 Å². The van der Waals surface area contributed by atoms with E-state index in [1.165, 1.54) is 29.3 Å². The Hall–Kier alpha value is -8.71. The molecule has 0 heterocycles. The average Bonchev–Trinajstić information content (AvgIpc) is 3.51. The van der Waals surface area contributed by atoms with Crippen LogP contribution in [0.1, 0.15) is 134 Å². The van der Waals surface area contributed by atoms with Crippen molar-refractivity contribution in [3.8, 4) is 39.9 Å². The van der Waals surface area contributed by atoms with Crippen LogP contribution in [-0.2, 0) is 23.8 Å². The van der Waals surface area contributed by atoms with Crippen molar-refractivity contribution >= 4 is 51.4 Å². The molecule has 0 bridgehead atoms. The quantitative estimate of drug-likeness (QED) is 0.0120. The fourth-order valence-electron chi connectivity index (χ4n) is 9.06. The molecule has 13 heteroatoms. The summed E-state index contributed by atoms with van der Waals surface area (Å²) in [5.41, 5.74) is 2.84. The Morgan fingerprint density at radius 1 is 0.329 bits per heavy atom. The molecule has 428 valence electrons. The molecule has 0 radical (unpaired) electrons. The van der Waals surface area contributed by atoms with Crippen LogP contribution in [-0.4, -0.2) is 69.5 Å². The minimum atomic E-state index is -0.717. The van der Waals surface area contributed by atoms with Gasteiger partial charge in [-0.2, -0.15) is 0 Å². The van der Waals surface area contributed by atoms with Gasteiger partial charge in [0.05, 0.1) is 50.8 Å². The number of ether oxygens (including phenoxy) is 8. The molecule has 0 atom stereocenters. The zero-order chi connectivity index (χ0) is 57.6. The van der Waals surface area contributed by atoms with Gasteiger partial charge in [-0.15, -0.1) is 0 Å². The summed E-state index contributed by atoms with van der Waals surface area (Å²) in [5, 5.41) is 3.33. The first kappa shape index (κ1) is 60.9. The van der Waals surface area contributed by atoms with Gasteiger partial charge in [0.25, 0.3) is 0 Å². The Labute approximate surface area is 481 Å².